The third-order valence-electron chi connectivity index (χ3n) is 3.18. The lowest BCUT2D eigenvalue weighted by molar-refractivity contribution is -0.506. The van der Waals surface area contributed by atoms with Crippen LogP contribution in [0, 0.1) is 16.0 Å². The first kappa shape index (κ1) is 12.9. The van der Waals surface area contributed by atoms with E-state index in [0.717, 1.165) is 0 Å². The van der Waals surface area contributed by atoms with Crippen molar-refractivity contribution in [3.05, 3.63) is 10.1 Å². The first-order valence-corrected chi connectivity index (χ1v) is 5.30. The van der Waals surface area contributed by atoms with E-state index in [1.54, 1.807) is 0 Å². The Morgan fingerprint density at radius 2 is 2.25 bits per heavy atom. The Morgan fingerprint density at radius 3 is 2.75 bits per heavy atom. The molecule has 0 aromatic carbocycles. The maximum absolute atomic E-state index is 11.1. The van der Waals surface area contributed by atoms with E-state index in [9.17, 15) is 14.9 Å². The molecule has 1 rings (SSSR count). The fourth-order valence-corrected chi connectivity index (χ4v) is 2.12. The van der Waals surface area contributed by atoms with Crippen molar-refractivity contribution in [2.24, 2.45) is 5.92 Å². The van der Waals surface area contributed by atoms with Crippen LogP contribution in [0.4, 0.5) is 0 Å². The molecule has 16 heavy (non-hydrogen) atoms. The van der Waals surface area contributed by atoms with Crippen molar-refractivity contribution >= 4 is 5.97 Å². The van der Waals surface area contributed by atoms with Gasteiger partial charge >= 0.3 is 5.97 Å². The molecule has 0 aromatic rings. The number of esters is 1. The van der Waals surface area contributed by atoms with Gasteiger partial charge in [0.2, 0.25) is 6.54 Å². The molecule has 0 amide bonds. The van der Waals surface area contributed by atoms with Gasteiger partial charge in [0.25, 0.3) is 0 Å². The van der Waals surface area contributed by atoms with Gasteiger partial charge in [-0.2, -0.15) is 0 Å². The van der Waals surface area contributed by atoms with Gasteiger partial charge in [0.15, 0.2) is 5.60 Å². The minimum absolute atomic E-state index is 0.145. The molecule has 0 aromatic heterocycles. The van der Waals surface area contributed by atoms with E-state index < -0.39 is 16.5 Å². The van der Waals surface area contributed by atoms with Crippen molar-refractivity contribution < 1.29 is 19.2 Å². The first-order chi connectivity index (χ1) is 7.37. The van der Waals surface area contributed by atoms with Crippen molar-refractivity contribution in [3.63, 3.8) is 0 Å². The summed E-state index contributed by atoms with van der Waals surface area (Å²) in [5.74, 6) is -0.668. The summed E-state index contributed by atoms with van der Waals surface area (Å²) in [6, 6.07) is 0. The van der Waals surface area contributed by atoms with E-state index in [1.165, 1.54) is 6.92 Å². The third-order valence-corrected chi connectivity index (χ3v) is 3.18. The van der Waals surface area contributed by atoms with Crippen LogP contribution in [0.3, 0.4) is 0 Å². The molecule has 0 bridgehead atoms. The standard InChI is InChI=1S/C10H17NO5/c1-7-8(2)15-5-4-10(7,6-11(13)14)16-9(3)12/h7-8H,4-6H2,1-3H3. The number of nitro groups is 1. The molecule has 0 spiro atoms. The summed E-state index contributed by atoms with van der Waals surface area (Å²) in [6.07, 6.45) is 0.229. The van der Waals surface area contributed by atoms with E-state index in [1.807, 2.05) is 13.8 Å². The van der Waals surface area contributed by atoms with Crippen LogP contribution >= 0.6 is 0 Å². The topological polar surface area (TPSA) is 78.7 Å². The Balaban J connectivity index is 2.91. The van der Waals surface area contributed by atoms with E-state index in [0.29, 0.717) is 13.0 Å². The van der Waals surface area contributed by atoms with Crippen molar-refractivity contribution in [1.82, 2.24) is 0 Å². The highest BCUT2D eigenvalue weighted by atomic mass is 16.6. The van der Waals surface area contributed by atoms with Gasteiger partial charge in [0, 0.05) is 24.2 Å². The Labute approximate surface area is 94.1 Å². The predicted octanol–water partition coefficient (Wildman–Crippen LogP) is 1.01. The third kappa shape index (κ3) is 2.69. The molecule has 1 fully saturated rings. The van der Waals surface area contributed by atoms with E-state index in [2.05, 4.69) is 0 Å². The summed E-state index contributed by atoms with van der Waals surface area (Å²) >= 11 is 0. The summed E-state index contributed by atoms with van der Waals surface area (Å²) in [4.78, 5) is 21.3. The zero-order valence-electron chi connectivity index (χ0n) is 9.76. The quantitative estimate of drug-likeness (QED) is 0.411. The summed E-state index contributed by atoms with van der Waals surface area (Å²) < 4.78 is 10.6. The number of hydrogen-bond acceptors (Lipinski definition) is 5. The van der Waals surface area contributed by atoms with Crippen molar-refractivity contribution in [2.75, 3.05) is 13.2 Å². The normalized spacial score (nSPS) is 34.4. The number of hydrogen-bond donors (Lipinski definition) is 0. The number of carbonyl (C=O) groups excluding carboxylic acids is 1. The van der Waals surface area contributed by atoms with E-state index in [-0.39, 0.29) is 18.6 Å². The first-order valence-electron chi connectivity index (χ1n) is 5.30. The Hall–Kier alpha value is -1.17. The van der Waals surface area contributed by atoms with Gasteiger partial charge in [-0.25, -0.2) is 0 Å². The van der Waals surface area contributed by atoms with Crippen LogP contribution in [-0.2, 0) is 14.3 Å². The monoisotopic (exact) mass is 231 g/mol. The van der Waals surface area contributed by atoms with Gasteiger partial charge in [0.05, 0.1) is 12.7 Å². The van der Waals surface area contributed by atoms with Crippen LogP contribution in [0.15, 0.2) is 0 Å². The second-order valence-electron chi connectivity index (χ2n) is 4.26. The van der Waals surface area contributed by atoms with Crippen LogP contribution in [0.2, 0.25) is 0 Å². The lowest BCUT2D eigenvalue weighted by Crippen LogP contribution is -2.54. The molecule has 3 atom stereocenters. The summed E-state index contributed by atoms with van der Waals surface area (Å²) in [7, 11) is 0. The molecule has 0 radical (unpaired) electrons. The largest absolute Gasteiger partial charge is 0.452 e. The lowest BCUT2D eigenvalue weighted by Gasteiger charge is -2.41. The average molecular weight is 231 g/mol. The SMILES string of the molecule is CC(=O)OC1(C[N+](=O)[O-])CCOC(C)C1C. The number of ether oxygens (including phenoxy) is 2. The molecule has 1 aliphatic heterocycles. The zero-order valence-corrected chi connectivity index (χ0v) is 9.76. The van der Waals surface area contributed by atoms with Crippen LogP contribution in [0.25, 0.3) is 0 Å². The molecule has 0 aliphatic carbocycles. The van der Waals surface area contributed by atoms with E-state index in [4.69, 9.17) is 9.47 Å². The molecule has 1 saturated heterocycles. The number of nitrogens with zero attached hydrogens (tertiary/aromatic N) is 1. The highest BCUT2D eigenvalue weighted by molar-refractivity contribution is 5.66. The van der Waals surface area contributed by atoms with Gasteiger partial charge < -0.3 is 9.47 Å². The molecule has 1 aliphatic rings. The Morgan fingerprint density at radius 1 is 1.62 bits per heavy atom. The molecule has 92 valence electrons. The smallest absolute Gasteiger partial charge is 0.303 e. The summed E-state index contributed by atoms with van der Waals surface area (Å²) in [5, 5.41) is 10.7. The molecule has 0 saturated carbocycles. The maximum atomic E-state index is 11.1. The minimum atomic E-state index is -1.02. The molecule has 3 unspecified atom stereocenters. The van der Waals surface area contributed by atoms with Gasteiger partial charge in [0.1, 0.15) is 0 Å². The summed E-state index contributed by atoms with van der Waals surface area (Å²) in [6.45, 7) is 4.95. The second-order valence-corrected chi connectivity index (χ2v) is 4.26. The Kier molecular flexibility index (Phi) is 3.85. The van der Waals surface area contributed by atoms with Gasteiger partial charge in [-0.05, 0) is 6.92 Å². The summed E-state index contributed by atoms with van der Waals surface area (Å²) in [5.41, 5.74) is -1.02. The van der Waals surface area contributed by atoms with Gasteiger partial charge in [-0.3, -0.25) is 14.9 Å². The predicted molar refractivity (Wildman–Crippen MR) is 55.6 cm³/mol. The van der Waals surface area contributed by atoms with E-state index >= 15 is 0 Å². The molecule has 6 nitrogen and oxygen atoms in total. The zero-order chi connectivity index (χ0) is 12.3. The van der Waals surface area contributed by atoms with Crippen LogP contribution < -0.4 is 0 Å². The lowest BCUT2D eigenvalue weighted by atomic mass is 9.80. The van der Waals surface area contributed by atoms with Gasteiger partial charge in [-0.1, -0.05) is 6.92 Å². The van der Waals surface area contributed by atoms with Crippen LogP contribution in [-0.4, -0.2) is 35.7 Å². The second kappa shape index (κ2) is 4.78. The molecule has 6 heteroatoms. The highest BCUT2D eigenvalue weighted by Gasteiger charge is 2.49. The van der Waals surface area contributed by atoms with Crippen molar-refractivity contribution in [2.45, 2.75) is 38.9 Å². The van der Waals surface area contributed by atoms with Crippen molar-refractivity contribution in [3.8, 4) is 0 Å². The van der Waals surface area contributed by atoms with Gasteiger partial charge in [-0.15, -0.1) is 0 Å². The maximum Gasteiger partial charge on any atom is 0.303 e. The Bertz CT molecular complexity index is 275. The fraction of sp³-hybridized carbons (Fsp3) is 0.900. The van der Waals surface area contributed by atoms with Crippen LogP contribution in [0.5, 0.6) is 0 Å². The molecular formula is C10H17NO5. The van der Waals surface area contributed by atoms with Crippen molar-refractivity contribution in [1.29, 1.82) is 0 Å². The molecular weight excluding hydrogens is 214 g/mol. The highest BCUT2D eigenvalue weighted by Crippen LogP contribution is 2.34. The number of rotatable bonds is 3. The molecule has 0 N–H and O–H groups in total. The fourth-order valence-electron chi connectivity index (χ4n) is 2.12. The molecule has 1 heterocycles. The van der Waals surface area contributed by atoms with Crippen LogP contribution in [0.1, 0.15) is 27.2 Å². The minimum Gasteiger partial charge on any atom is -0.452 e. The number of carbonyl (C=O) groups is 1. The average Bonchev–Trinajstić information content (AvgIpc) is 2.12.